The summed E-state index contributed by atoms with van der Waals surface area (Å²) in [5, 5.41) is 16.9. The van der Waals surface area contributed by atoms with Crippen molar-refractivity contribution < 1.29 is 0 Å². The molecule has 4 heteroatoms. The monoisotopic (exact) mass is 510 g/mol. The number of allylic oxidation sites excluding steroid dienone is 1. The molecule has 0 aliphatic carbocycles. The summed E-state index contributed by atoms with van der Waals surface area (Å²) in [4.78, 5) is 0. The van der Waals surface area contributed by atoms with Crippen LogP contribution in [0.2, 0.25) is 0 Å². The largest absolute Gasteiger partial charge is 0.0895 e. The molecular formula is C30H22S4. The molecule has 6 rings (SSSR count). The molecular weight excluding hydrogens is 489 g/mol. The van der Waals surface area contributed by atoms with Crippen molar-refractivity contribution in [3.8, 4) is 0 Å². The molecule has 166 valence electrons. The maximum Gasteiger partial charge on any atom is 0.0571 e. The van der Waals surface area contributed by atoms with Crippen LogP contribution in [0, 0.1) is 6.92 Å². The van der Waals surface area contributed by atoms with Crippen molar-refractivity contribution in [3.63, 3.8) is 0 Å². The van der Waals surface area contributed by atoms with Crippen molar-refractivity contribution in [2.24, 2.45) is 0 Å². The van der Waals surface area contributed by atoms with Gasteiger partial charge in [0.1, 0.15) is 0 Å². The number of benzene rings is 4. The standard InChI is InChI=1S/C30H22S4/c1-20-7-2-3-9-22(20)10-6-8-21-13-14-25-26(19-21)28(30-33-17-18-34-30)24-12-5-4-11-23(24)27(25)29-31-15-16-32-29/h2-7,9-19H,8H2,1H3/b10-6+. The van der Waals surface area contributed by atoms with Crippen LogP contribution >= 0.6 is 47.0 Å². The lowest BCUT2D eigenvalue weighted by Crippen LogP contribution is -2.17. The zero-order chi connectivity index (χ0) is 22.9. The molecule has 0 unspecified atom stereocenters. The maximum absolute atomic E-state index is 2.42. The molecule has 34 heavy (non-hydrogen) atoms. The van der Waals surface area contributed by atoms with Gasteiger partial charge in [0.2, 0.25) is 0 Å². The number of fused-ring (bicyclic) bond motifs is 2. The third-order valence-corrected chi connectivity index (χ3v) is 10.4. The van der Waals surface area contributed by atoms with Crippen LogP contribution in [0.4, 0.5) is 0 Å². The third kappa shape index (κ3) is 4.18. The van der Waals surface area contributed by atoms with E-state index in [4.69, 9.17) is 0 Å². The Hall–Kier alpha value is -2.24. The number of aryl methyl sites for hydroxylation is 1. The second kappa shape index (κ2) is 9.79. The average molecular weight is 511 g/mol. The van der Waals surface area contributed by atoms with Crippen LogP contribution in [0.25, 0.3) is 36.1 Å². The van der Waals surface area contributed by atoms with Crippen LogP contribution < -0.4 is 10.4 Å². The van der Waals surface area contributed by atoms with Gasteiger partial charge in [0.05, 0.1) is 8.47 Å². The Balaban J connectivity index is 1.58. The van der Waals surface area contributed by atoms with Gasteiger partial charge in [-0.15, -0.1) is 0 Å². The van der Waals surface area contributed by atoms with Crippen LogP contribution in [-0.4, -0.2) is 0 Å². The molecule has 4 aromatic rings. The second-order valence-electron chi connectivity index (χ2n) is 8.23. The first-order valence-electron chi connectivity index (χ1n) is 11.2. The third-order valence-electron chi connectivity index (χ3n) is 6.15. The summed E-state index contributed by atoms with van der Waals surface area (Å²) in [6, 6.07) is 24.6. The van der Waals surface area contributed by atoms with Gasteiger partial charge < -0.3 is 0 Å². The van der Waals surface area contributed by atoms with E-state index >= 15 is 0 Å². The number of hydrogen-bond acceptors (Lipinski definition) is 4. The lowest BCUT2D eigenvalue weighted by molar-refractivity contribution is 1.29. The number of hydrogen-bond donors (Lipinski definition) is 0. The summed E-state index contributed by atoms with van der Waals surface area (Å²) in [5.74, 6) is 0. The fraction of sp³-hybridized carbons (Fsp3) is 0.0667. The van der Waals surface area contributed by atoms with Gasteiger partial charge in [0.15, 0.2) is 0 Å². The summed E-state index contributed by atoms with van der Waals surface area (Å²) < 4.78 is 2.74. The van der Waals surface area contributed by atoms with E-state index in [1.165, 1.54) is 57.1 Å². The van der Waals surface area contributed by atoms with E-state index in [0.29, 0.717) is 0 Å². The molecule has 0 nitrogen and oxygen atoms in total. The van der Waals surface area contributed by atoms with Crippen LogP contribution in [0.15, 0.2) is 94.4 Å². The molecule has 0 radical (unpaired) electrons. The number of rotatable bonds is 3. The van der Waals surface area contributed by atoms with E-state index in [9.17, 15) is 0 Å². The summed E-state index contributed by atoms with van der Waals surface area (Å²) >= 11 is 7.36. The van der Waals surface area contributed by atoms with Crippen LogP contribution in [-0.2, 0) is 6.42 Å². The summed E-state index contributed by atoms with van der Waals surface area (Å²) in [7, 11) is 0. The first kappa shape index (κ1) is 22.2. The van der Waals surface area contributed by atoms with Crippen molar-refractivity contribution in [1.82, 2.24) is 0 Å². The minimum atomic E-state index is 0.918. The molecule has 0 spiro atoms. The molecule has 0 N–H and O–H groups in total. The highest BCUT2D eigenvalue weighted by Crippen LogP contribution is 2.41. The molecule has 2 aliphatic rings. The van der Waals surface area contributed by atoms with E-state index in [1.807, 2.05) is 47.0 Å². The van der Waals surface area contributed by atoms with Gasteiger partial charge in [-0.2, -0.15) is 0 Å². The predicted octanol–water partition coefficient (Wildman–Crippen LogP) is 8.59. The summed E-state index contributed by atoms with van der Waals surface area (Å²) in [6.07, 6.45) is 5.46. The van der Waals surface area contributed by atoms with Crippen LogP contribution in [0.5, 0.6) is 0 Å². The molecule has 0 aromatic heterocycles. The van der Waals surface area contributed by atoms with Crippen molar-refractivity contribution in [1.29, 1.82) is 0 Å². The lowest BCUT2D eigenvalue weighted by Gasteiger charge is -2.12. The number of thioether (sulfide) groups is 4. The molecule has 0 bridgehead atoms. The Morgan fingerprint density at radius 1 is 0.618 bits per heavy atom. The highest BCUT2D eigenvalue weighted by atomic mass is 32.2. The van der Waals surface area contributed by atoms with Crippen molar-refractivity contribution in [3.05, 3.63) is 122 Å². The van der Waals surface area contributed by atoms with E-state index in [-0.39, 0.29) is 0 Å². The Morgan fingerprint density at radius 3 is 1.82 bits per heavy atom. The minimum absolute atomic E-state index is 0.918. The van der Waals surface area contributed by atoms with Gasteiger partial charge in [0.25, 0.3) is 0 Å². The Labute approximate surface area is 217 Å². The molecule has 4 aromatic carbocycles. The molecule has 0 fully saturated rings. The molecule has 0 saturated carbocycles. The average Bonchev–Trinajstić information content (AvgIpc) is 3.58. The zero-order valence-electron chi connectivity index (χ0n) is 18.7. The molecule has 2 aliphatic heterocycles. The van der Waals surface area contributed by atoms with Crippen LogP contribution in [0.3, 0.4) is 0 Å². The van der Waals surface area contributed by atoms with Crippen molar-refractivity contribution in [2.75, 3.05) is 0 Å². The predicted molar refractivity (Wildman–Crippen MR) is 160 cm³/mol. The highest BCUT2D eigenvalue weighted by Gasteiger charge is 2.15. The van der Waals surface area contributed by atoms with Gasteiger partial charge in [-0.25, -0.2) is 0 Å². The zero-order valence-corrected chi connectivity index (χ0v) is 21.9. The molecule has 0 amide bonds. The first-order valence-corrected chi connectivity index (χ1v) is 14.7. The molecule has 2 heterocycles. The van der Waals surface area contributed by atoms with E-state index in [2.05, 4.69) is 107 Å². The van der Waals surface area contributed by atoms with Gasteiger partial charge in [0, 0.05) is 10.4 Å². The maximum atomic E-state index is 2.42. The van der Waals surface area contributed by atoms with Crippen LogP contribution in [0.1, 0.15) is 16.7 Å². The Morgan fingerprint density at radius 2 is 1.18 bits per heavy atom. The topological polar surface area (TPSA) is 0 Å². The quantitative estimate of drug-likeness (QED) is 0.253. The lowest BCUT2D eigenvalue weighted by atomic mass is 9.96. The fourth-order valence-corrected chi connectivity index (χ4v) is 8.38. The van der Waals surface area contributed by atoms with E-state index in [1.54, 1.807) is 0 Å². The van der Waals surface area contributed by atoms with E-state index < -0.39 is 0 Å². The minimum Gasteiger partial charge on any atom is -0.0895 e. The van der Waals surface area contributed by atoms with Crippen molar-refractivity contribution in [2.45, 2.75) is 13.3 Å². The summed E-state index contributed by atoms with van der Waals surface area (Å²) in [5.41, 5.74) is 3.94. The Kier molecular flexibility index (Phi) is 6.40. The molecule has 0 saturated heterocycles. The van der Waals surface area contributed by atoms with Gasteiger partial charge in [-0.3, -0.25) is 0 Å². The fourth-order valence-electron chi connectivity index (χ4n) is 4.54. The second-order valence-corrected chi connectivity index (χ2v) is 12.4. The molecule has 0 atom stereocenters. The SMILES string of the molecule is Cc1ccccc1/C=C/Cc1ccc2c(=C3SC=CS3)c3ccccc3c(=C3SC=CS3)c2c1. The highest BCUT2D eigenvalue weighted by molar-refractivity contribution is 8.35. The smallest absolute Gasteiger partial charge is 0.0571 e. The first-order chi connectivity index (χ1) is 16.8. The van der Waals surface area contributed by atoms with Gasteiger partial charge in [-0.05, 0) is 73.2 Å². The van der Waals surface area contributed by atoms with E-state index in [0.717, 1.165) is 6.42 Å². The Bertz CT molecular complexity index is 1620. The normalized spacial score (nSPS) is 15.6. The summed E-state index contributed by atoms with van der Waals surface area (Å²) in [6.45, 7) is 2.17. The van der Waals surface area contributed by atoms with Crippen molar-refractivity contribution >= 4 is 83.1 Å². The van der Waals surface area contributed by atoms with Gasteiger partial charge in [-0.1, -0.05) is 126 Å². The van der Waals surface area contributed by atoms with Gasteiger partial charge >= 0.3 is 0 Å².